The number of hydrogen-bond acceptors (Lipinski definition) is 2. The third-order valence-corrected chi connectivity index (χ3v) is 4.57. The molecular weight excluding hydrogens is 316 g/mol. The monoisotopic (exact) mass is 330 g/mol. The van der Waals surface area contributed by atoms with Gasteiger partial charge in [-0.25, -0.2) is 0 Å². The zero-order valence-electron chi connectivity index (χ0n) is 10.5. The lowest BCUT2D eigenvalue weighted by Crippen LogP contribution is -2.52. The van der Waals surface area contributed by atoms with E-state index < -0.39 is 0 Å². The van der Waals surface area contributed by atoms with E-state index in [1.165, 1.54) is 0 Å². The molecular formula is C13H16BrClN2O. The van der Waals surface area contributed by atoms with Gasteiger partial charge >= 0.3 is 0 Å². The van der Waals surface area contributed by atoms with Gasteiger partial charge in [0.1, 0.15) is 0 Å². The van der Waals surface area contributed by atoms with Crippen molar-refractivity contribution in [2.24, 2.45) is 0 Å². The third kappa shape index (κ3) is 2.71. The van der Waals surface area contributed by atoms with Crippen molar-refractivity contribution < 1.29 is 4.79 Å². The molecule has 1 heterocycles. The molecule has 0 N–H and O–H groups in total. The molecule has 1 aromatic rings. The SMILES string of the molecule is CC1CN(C)CCN1C(=O)c1cccc(Br)c1Cl. The summed E-state index contributed by atoms with van der Waals surface area (Å²) in [5.41, 5.74) is 0.572. The van der Waals surface area contributed by atoms with E-state index in [9.17, 15) is 4.79 Å². The molecule has 2 rings (SSSR count). The van der Waals surface area contributed by atoms with E-state index in [-0.39, 0.29) is 11.9 Å². The van der Waals surface area contributed by atoms with Crippen LogP contribution in [0.3, 0.4) is 0 Å². The number of likely N-dealkylation sites (N-methyl/N-ethyl adjacent to an activating group) is 1. The van der Waals surface area contributed by atoms with Crippen molar-refractivity contribution in [2.45, 2.75) is 13.0 Å². The Morgan fingerprint density at radius 1 is 1.44 bits per heavy atom. The highest BCUT2D eigenvalue weighted by Gasteiger charge is 2.27. The fourth-order valence-corrected chi connectivity index (χ4v) is 2.84. The molecule has 0 aromatic heterocycles. The second-order valence-corrected chi connectivity index (χ2v) is 5.94. The smallest absolute Gasteiger partial charge is 0.255 e. The first-order valence-electron chi connectivity index (χ1n) is 5.94. The number of carbonyl (C=O) groups excluding carboxylic acids is 1. The average Bonchev–Trinajstić information content (AvgIpc) is 2.32. The van der Waals surface area contributed by atoms with Gasteiger partial charge in [0, 0.05) is 30.1 Å². The van der Waals surface area contributed by atoms with Crippen molar-refractivity contribution in [3.63, 3.8) is 0 Å². The van der Waals surface area contributed by atoms with E-state index >= 15 is 0 Å². The van der Waals surface area contributed by atoms with E-state index in [4.69, 9.17) is 11.6 Å². The van der Waals surface area contributed by atoms with Crippen LogP contribution in [0.1, 0.15) is 17.3 Å². The number of piperazine rings is 1. The van der Waals surface area contributed by atoms with Gasteiger partial charge < -0.3 is 9.80 Å². The van der Waals surface area contributed by atoms with Crippen LogP contribution in [0.2, 0.25) is 5.02 Å². The van der Waals surface area contributed by atoms with Crippen LogP contribution >= 0.6 is 27.5 Å². The minimum Gasteiger partial charge on any atom is -0.333 e. The predicted molar refractivity (Wildman–Crippen MR) is 77.1 cm³/mol. The summed E-state index contributed by atoms with van der Waals surface area (Å²) < 4.78 is 0.761. The summed E-state index contributed by atoms with van der Waals surface area (Å²) in [5, 5.41) is 0.494. The average molecular weight is 332 g/mol. The molecule has 0 bridgehead atoms. The molecule has 18 heavy (non-hydrogen) atoms. The van der Waals surface area contributed by atoms with Gasteiger partial charge in [0.15, 0.2) is 0 Å². The van der Waals surface area contributed by atoms with Crippen molar-refractivity contribution in [1.82, 2.24) is 9.80 Å². The van der Waals surface area contributed by atoms with Gasteiger partial charge in [-0.3, -0.25) is 4.79 Å². The molecule has 1 saturated heterocycles. The number of hydrogen-bond donors (Lipinski definition) is 0. The highest BCUT2D eigenvalue weighted by atomic mass is 79.9. The molecule has 0 saturated carbocycles. The highest BCUT2D eigenvalue weighted by Crippen LogP contribution is 2.27. The van der Waals surface area contributed by atoms with Gasteiger partial charge in [-0.15, -0.1) is 0 Å². The molecule has 1 aliphatic rings. The molecule has 0 aliphatic carbocycles. The van der Waals surface area contributed by atoms with E-state index in [2.05, 4.69) is 34.8 Å². The Morgan fingerprint density at radius 2 is 2.17 bits per heavy atom. The molecule has 1 aromatic carbocycles. The first-order chi connectivity index (χ1) is 8.50. The van der Waals surface area contributed by atoms with E-state index in [0.29, 0.717) is 10.6 Å². The summed E-state index contributed by atoms with van der Waals surface area (Å²) in [4.78, 5) is 16.6. The summed E-state index contributed by atoms with van der Waals surface area (Å²) in [6.07, 6.45) is 0. The second kappa shape index (κ2) is 5.59. The largest absolute Gasteiger partial charge is 0.333 e. The Bertz CT molecular complexity index is 466. The van der Waals surface area contributed by atoms with Gasteiger partial charge in [-0.2, -0.15) is 0 Å². The number of benzene rings is 1. The van der Waals surface area contributed by atoms with Crippen LogP contribution < -0.4 is 0 Å². The Kier molecular flexibility index (Phi) is 4.30. The van der Waals surface area contributed by atoms with E-state index in [0.717, 1.165) is 24.1 Å². The fourth-order valence-electron chi connectivity index (χ4n) is 2.27. The molecule has 1 aliphatic heterocycles. The van der Waals surface area contributed by atoms with Crippen molar-refractivity contribution in [3.05, 3.63) is 33.3 Å². The van der Waals surface area contributed by atoms with Crippen LogP contribution in [0.15, 0.2) is 22.7 Å². The number of carbonyl (C=O) groups is 1. The van der Waals surface area contributed by atoms with Crippen LogP contribution in [0.25, 0.3) is 0 Å². The van der Waals surface area contributed by atoms with Crippen molar-refractivity contribution in [3.8, 4) is 0 Å². The highest BCUT2D eigenvalue weighted by molar-refractivity contribution is 9.10. The summed E-state index contributed by atoms with van der Waals surface area (Å²) in [7, 11) is 2.07. The minimum atomic E-state index is 0.0156. The molecule has 98 valence electrons. The van der Waals surface area contributed by atoms with Gasteiger partial charge in [0.2, 0.25) is 0 Å². The quantitative estimate of drug-likeness (QED) is 0.790. The predicted octanol–water partition coefficient (Wildman–Crippen LogP) is 2.88. The first kappa shape index (κ1) is 13.8. The second-order valence-electron chi connectivity index (χ2n) is 4.71. The van der Waals surface area contributed by atoms with Crippen molar-refractivity contribution in [2.75, 3.05) is 26.7 Å². The summed E-state index contributed by atoms with van der Waals surface area (Å²) in [5.74, 6) is 0.0156. The number of halogens is 2. The molecule has 1 atom stereocenters. The van der Waals surface area contributed by atoms with Crippen molar-refractivity contribution in [1.29, 1.82) is 0 Å². The van der Waals surface area contributed by atoms with Crippen LogP contribution in [0.4, 0.5) is 0 Å². The molecule has 0 spiro atoms. The zero-order chi connectivity index (χ0) is 13.3. The Morgan fingerprint density at radius 3 is 2.83 bits per heavy atom. The van der Waals surface area contributed by atoms with Crippen LogP contribution in [-0.4, -0.2) is 48.4 Å². The zero-order valence-corrected chi connectivity index (χ0v) is 12.8. The maximum atomic E-state index is 12.5. The topological polar surface area (TPSA) is 23.6 Å². The molecule has 1 unspecified atom stereocenters. The van der Waals surface area contributed by atoms with Crippen LogP contribution in [0, 0.1) is 0 Å². The maximum absolute atomic E-state index is 12.5. The Labute approximate surface area is 121 Å². The van der Waals surface area contributed by atoms with Gasteiger partial charge in [0.25, 0.3) is 5.91 Å². The Balaban J connectivity index is 2.23. The summed E-state index contributed by atoms with van der Waals surface area (Å²) in [6, 6.07) is 5.67. The summed E-state index contributed by atoms with van der Waals surface area (Å²) in [6.45, 7) is 4.62. The third-order valence-electron chi connectivity index (χ3n) is 3.27. The Hall–Kier alpha value is -0.580. The fraction of sp³-hybridized carbons (Fsp3) is 0.462. The molecule has 1 fully saturated rings. The van der Waals surface area contributed by atoms with E-state index in [1.807, 2.05) is 17.0 Å². The number of rotatable bonds is 1. The van der Waals surface area contributed by atoms with Crippen LogP contribution in [0.5, 0.6) is 0 Å². The minimum absolute atomic E-state index is 0.0156. The number of nitrogens with zero attached hydrogens (tertiary/aromatic N) is 2. The van der Waals surface area contributed by atoms with Crippen LogP contribution in [-0.2, 0) is 0 Å². The molecule has 0 radical (unpaired) electrons. The van der Waals surface area contributed by atoms with Gasteiger partial charge in [-0.05, 0) is 42.0 Å². The first-order valence-corrected chi connectivity index (χ1v) is 7.11. The van der Waals surface area contributed by atoms with Gasteiger partial charge in [-0.1, -0.05) is 17.7 Å². The summed E-state index contributed by atoms with van der Waals surface area (Å²) >= 11 is 9.53. The lowest BCUT2D eigenvalue weighted by molar-refractivity contribution is 0.0533. The lowest BCUT2D eigenvalue weighted by Gasteiger charge is -2.38. The molecule has 5 heteroatoms. The molecule has 3 nitrogen and oxygen atoms in total. The number of amides is 1. The van der Waals surface area contributed by atoms with Crippen molar-refractivity contribution >= 4 is 33.4 Å². The normalized spacial score (nSPS) is 21.1. The van der Waals surface area contributed by atoms with E-state index in [1.54, 1.807) is 6.07 Å². The lowest BCUT2D eigenvalue weighted by atomic mass is 10.1. The van der Waals surface area contributed by atoms with Gasteiger partial charge in [0.05, 0.1) is 10.6 Å². The molecule has 1 amide bonds. The standard InChI is InChI=1S/C13H16BrClN2O/c1-9-8-16(2)6-7-17(9)13(18)10-4-3-5-11(14)12(10)15/h3-5,9H,6-8H2,1-2H3. The maximum Gasteiger partial charge on any atom is 0.255 e.